The fourth-order valence-corrected chi connectivity index (χ4v) is 8.37. The quantitative estimate of drug-likeness (QED) is 0.176. The van der Waals surface area contributed by atoms with E-state index >= 15 is 0 Å². The van der Waals surface area contributed by atoms with Gasteiger partial charge in [-0.25, -0.2) is 15.0 Å². The Bertz CT molecular complexity index is 3530. The van der Waals surface area contributed by atoms with Gasteiger partial charge in [0.2, 0.25) is 0 Å². The molecular weight excluding hydrogens is 701 g/mol. The molecule has 0 spiro atoms. The van der Waals surface area contributed by atoms with Crippen molar-refractivity contribution in [1.82, 2.24) is 19.5 Å². The van der Waals surface area contributed by atoms with Gasteiger partial charge in [0.25, 0.3) is 0 Å². The number of rotatable bonds is 5. The fourth-order valence-electron chi connectivity index (χ4n) is 8.37. The molecule has 0 radical (unpaired) electrons. The SMILES string of the molecule is c1ccc(-c2ccc3c(c2)c2ccccc2n3-c2ccc3c(c2)oc2ccc(-c4nc(-c5ccccc5)nc(-c5cccc6c5oc5ccccc56)n4)cc23)cc1. The van der Waals surface area contributed by atoms with E-state index in [0.717, 1.165) is 77.3 Å². The summed E-state index contributed by atoms with van der Waals surface area (Å²) >= 11 is 0. The Morgan fingerprint density at radius 1 is 0.333 bits per heavy atom. The average molecular weight is 731 g/mol. The summed E-state index contributed by atoms with van der Waals surface area (Å²) in [5.74, 6) is 1.71. The first-order valence-electron chi connectivity index (χ1n) is 19.0. The van der Waals surface area contributed by atoms with Crippen LogP contribution in [0.3, 0.4) is 0 Å². The molecule has 0 aliphatic heterocycles. The number of hydrogen-bond acceptors (Lipinski definition) is 5. The highest BCUT2D eigenvalue weighted by atomic mass is 16.3. The predicted molar refractivity (Wildman–Crippen MR) is 230 cm³/mol. The Morgan fingerprint density at radius 2 is 0.965 bits per heavy atom. The molecule has 57 heavy (non-hydrogen) atoms. The van der Waals surface area contributed by atoms with E-state index in [1.807, 2.05) is 72.8 Å². The van der Waals surface area contributed by atoms with Crippen molar-refractivity contribution < 1.29 is 8.83 Å². The number of fused-ring (bicyclic) bond motifs is 9. The van der Waals surface area contributed by atoms with E-state index in [9.17, 15) is 0 Å². The van der Waals surface area contributed by atoms with Crippen molar-refractivity contribution in [3.63, 3.8) is 0 Å². The van der Waals surface area contributed by atoms with Crippen LogP contribution in [0.15, 0.2) is 191 Å². The van der Waals surface area contributed by atoms with Crippen molar-refractivity contribution in [2.45, 2.75) is 0 Å². The molecule has 0 atom stereocenters. The Hall–Kier alpha value is -7.83. The van der Waals surface area contributed by atoms with Crippen LogP contribution in [0, 0.1) is 0 Å². The van der Waals surface area contributed by atoms with Gasteiger partial charge >= 0.3 is 0 Å². The average Bonchev–Trinajstić information content (AvgIpc) is 3.95. The standard InChI is InChI=1S/C51H30N4O2/c1-3-12-31(13-4-1)33-22-26-44-41(28-33)36-16-7-9-20-43(36)55(44)35-24-25-38-42-29-34(23-27-46(42)56-47(38)30-35)50-52-49(32-14-5-2-6-15-32)53-51(54-50)40-19-11-18-39-37-17-8-10-21-45(37)57-48(39)40/h1-30H. The van der Waals surface area contributed by atoms with Gasteiger partial charge in [-0.15, -0.1) is 0 Å². The lowest BCUT2D eigenvalue weighted by atomic mass is 10.0. The summed E-state index contributed by atoms with van der Waals surface area (Å²) in [5, 5.41) is 6.52. The van der Waals surface area contributed by atoms with Crippen molar-refractivity contribution in [2.75, 3.05) is 0 Å². The van der Waals surface area contributed by atoms with E-state index in [4.69, 9.17) is 23.8 Å². The summed E-state index contributed by atoms with van der Waals surface area (Å²) in [6, 6.07) is 62.8. The summed E-state index contributed by atoms with van der Waals surface area (Å²) in [6.45, 7) is 0. The smallest absolute Gasteiger partial charge is 0.167 e. The summed E-state index contributed by atoms with van der Waals surface area (Å²) in [5.41, 5.74) is 11.5. The Balaban J connectivity index is 0.999. The normalized spacial score (nSPS) is 11.9. The first kappa shape index (κ1) is 31.5. The zero-order valence-corrected chi connectivity index (χ0v) is 30.4. The highest BCUT2D eigenvalue weighted by Gasteiger charge is 2.20. The first-order chi connectivity index (χ1) is 28.2. The minimum Gasteiger partial charge on any atom is -0.456 e. The third kappa shape index (κ3) is 5.01. The topological polar surface area (TPSA) is 69.9 Å². The van der Waals surface area contributed by atoms with E-state index < -0.39 is 0 Å². The number of aromatic nitrogens is 4. The van der Waals surface area contributed by atoms with Crippen LogP contribution in [-0.2, 0) is 0 Å². The van der Waals surface area contributed by atoms with Gasteiger partial charge in [-0.1, -0.05) is 115 Å². The predicted octanol–water partition coefficient (Wildman–Crippen LogP) is 13.4. The molecular formula is C51H30N4O2. The molecule has 4 aromatic heterocycles. The molecule has 0 amide bonds. The molecule has 0 aliphatic carbocycles. The molecule has 0 unspecified atom stereocenters. The van der Waals surface area contributed by atoms with Crippen LogP contribution in [-0.4, -0.2) is 19.5 Å². The Labute approximate surface area is 325 Å². The highest BCUT2D eigenvalue weighted by Crippen LogP contribution is 2.39. The Kier molecular flexibility index (Phi) is 6.83. The second-order valence-electron chi connectivity index (χ2n) is 14.4. The van der Waals surface area contributed by atoms with Crippen LogP contribution in [0.2, 0.25) is 0 Å². The molecule has 12 rings (SSSR count). The number of hydrogen-bond donors (Lipinski definition) is 0. The molecule has 0 N–H and O–H groups in total. The van der Waals surface area contributed by atoms with Crippen molar-refractivity contribution >= 4 is 65.7 Å². The maximum Gasteiger partial charge on any atom is 0.167 e. The van der Waals surface area contributed by atoms with Gasteiger partial charge in [-0.3, -0.25) is 0 Å². The van der Waals surface area contributed by atoms with E-state index in [0.29, 0.717) is 17.5 Å². The summed E-state index contributed by atoms with van der Waals surface area (Å²) in [4.78, 5) is 15.2. The van der Waals surface area contributed by atoms with Crippen LogP contribution >= 0.6 is 0 Å². The van der Waals surface area contributed by atoms with Crippen molar-refractivity contribution in [3.05, 3.63) is 182 Å². The maximum atomic E-state index is 6.57. The van der Waals surface area contributed by atoms with Crippen molar-refractivity contribution in [3.8, 4) is 51.0 Å². The van der Waals surface area contributed by atoms with Gasteiger partial charge in [-0.05, 0) is 71.8 Å². The van der Waals surface area contributed by atoms with Crippen molar-refractivity contribution in [1.29, 1.82) is 0 Å². The molecule has 12 aromatic rings. The van der Waals surface area contributed by atoms with Gasteiger partial charge in [0.05, 0.1) is 16.6 Å². The molecule has 4 heterocycles. The van der Waals surface area contributed by atoms with Crippen LogP contribution in [0.25, 0.3) is 117 Å². The molecule has 266 valence electrons. The summed E-state index contributed by atoms with van der Waals surface area (Å²) in [6.07, 6.45) is 0. The lowest BCUT2D eigenvalue weighted by molar-refractivity contribution is 0.668. The van der Waals surface area contributed by atoms with Crippen LogP contribution in [0.1, 0.15) is 0 Å². The van der Waals surface area contributed by atoms with E-state index in [1.165, 1.54) is 21.9 Å². The number of furan rings is 2. The Morgan fingerprint density at radius 3 is 1.82 bits per heavy atom. The first-order valence-corrected chi connectivity index (χ1v) is 19.0. The maximum absolute atomic E-state index is 6.57. The zero-order chi connectivity index (χ0) is 37.5. The fraction of sp³-hybridized carbons (Fsp3) is 0. The molecule has 0 saturated carbocycles. The van der Waals surface area contributed by atoms with E-state index in [1.54, 1.807) is 0 Å². The highest BCUT2D eigenvalue weighted by molar-refractivity contribution is 6.12. The van der Waals surface area contributed by atoms with E-state index in [-0.39, 0.29) is 0 Å². The molecule has 0 fully saturated rings. The summed E-state index contributed by atoms with van der Waals surface area (Å²) < 4.78 is 15.3. The number of benzene rings is 8. The van der Waals surface area contributed by atoms with Crippen LogP contribution in [0.5, 0.6) is 0 Å². The molecule has 0 saturated heterocycles. The largest absolute Gasteiger partial charge is 0.456 e. The molecule has 6 nitrogen and oxygen atoms in total. The minimum absolute atomic E-state index is 0.548. The van der Waals surface area contributed by atoms with Gasteiger partial charge in [0, 0.05) is 55.2 Å². The number of para-hydroxylation sites is 3. The molecule has 0 aliphatic rings. The third-order valence-electron chi connectivity index (χ3n) is 11.1. The lowest BCUT2D eigenvalue weighted by Crippen LogP contribution is -2.00. The molecule has 6 heteroatoms. The van der Waals surface area contributed by atoms with Crippen LogP contribution in [0.4, 0.5) is 0 Å². The minimum atomic E-state index is 0.548. The van der Waals surface area contributed by atoms with Gasteiger partial charge in [0.15, 0.2) is 17.5 Å². The monoisotopic (exact) mass is 730 g/mol. The number of nitrogens with zero attached hydrogens (tertiary/aromatic N) is 4. The third-order valence-corrected chi connectivity index (χ3v) is 11.1. The zero-order valence-electron chi connectivity index (χ0n) is 30.4. The van der Waals surface area contributed by atoms with Gasteiger partial charge in [0.1, 0.15) is 22.3 Å². The van der Waals surface area contributed by atoms with Crippen LogP contribution < -0.4 is 0 Å². The van der Waals surface area contributed by atoms with E-state index in [2.05, 4.69) is 114 Å². The lowest BCUT2D eigenvalue weighted by Gasteiger charge is -2.09. The van der Waals surface area contributed by atoms with Gasteiger partial charge in [-0.2, -0.15) is 0 Å². The summed E-state index contributed by atoms with van der Waals surface area (Å²) in [7, 11) is 0. The van der Waals surface area contributed by atoms with Crippen molar-refractivity contribution in [2.24, 2.45) is 0 Å². The molecule has 0 bridgehead atoms. The molecule has 8 aromatic carbocycles. The second-order valence-corrected chi connectivity index (χ2v) is 14.4. The second kappa shape index (κ2) is 12.3. The van der Waals surface area contributed by atoms with Gasteiger partial charge < -0.3 is 13.4 Å².